The first kappa shape index (κ1) is 13.5. The lowest BCUT2D eigenvalue weighted by Gasteiger charge is -2.09. The van der Waals surface area contributed by atoms with Crippen molar-refractivity contribution < 1.29 is 14.6 Å². The van der Waals surface area contributed by atoms with E-state index in [4.69, 9.17) is 9.84 Å². The van der Waals surface area contributed by atoms with Gasteiger partial charge in [0.15, 0.2) is 0 Å². The fourth-order valence-electron chi connectivity index (χ4n) is 1.42. The number of carbonyl (C=O) groups excluding carboxylic acids is 1. The Labute approximate surface area is 102 Å². The van der Waals surface area contributed by atoms with E-state index in [0.29, 0.717) is 13.0 Å². The van der Waals surface area contributed by atoms with E-state index in [1.54, 1.807) is 0 Å². The van der Waals surface area contributed by atoms with Crippen LogP contribution in [0.5, 0.6) is 0 Å². The van der Waals surface area contributed by atoms with Gasteiger partial charge in [-0.05, 0) is 31.4 Å². The van der Waals surface area contributed by atoms with Crippen molar-refractivity contribution in [3.8, 4) is 0 Å². The Morgan fingerprint density at radius 2 is 2.18 bits per heavy atom. The maximum absolute atomic E-state index is 11.3. The second kappa shape index (κ2) is 6.91. The standard InChI is InChI=1S/C13H19NO3/c1-10-4-5-11(2)12(8-10)9-17-13(16)14-6-3-7-15/h4-5,8,15H,3,6-7,9H2,1-2H3,(H,14,16). The molecule has 0 atom stereocenters. The molecule has 0 aliphatic rings. The molecule has 0 radical (unpaired) electrons. The number of aliphatic hydroxyl groups excluding tert-OH is 1. The van der Waals surface area contributed by atoms with E-state index < -0.39 is 6.09 Å². The maximum Gasteiger partial charge on any atom is 0.407 e. The van der Waals surface area contributed by atoms with Gasteiger partial charge in [-0.3, -0.25) is 0 Å². The third-order valence-electron chi connectivity index (χ3n) is 2.47. The summed E-state index contributed by atoms with van der Waals surface area (Å²) in [5.41, 5.74) is 3.27. The quantitative estimate of drug-likeness (QED) is 0.769. The summed E-state index contributed by atoms with van der Waals surface area (Å²) in [6.07, 6.45) is 0.0952. The molecule has 0 unspecified atom stereocenters. The molecule has 4 heteroatoms. The SMILES string of the molecule is Cc1ccc(C)c(COC(=O)NCCCO)c1. The molecule has 94 valence electrons. The minimum atomic E-state index is -0.445. The van der Waals surface area contributed by atoms with Crippen LogP contribution in [0, 0.1) is 13.8 Å². The molecule has 17 heavy (non-hydrogen) atoms. The van der Waals surface area contributed by atoms with Gasteiger partial charge in [0.1, 0.15) is 6.61 Å². The minimum Gasteiger partial charge on any atom is -0.445 e. The molecule has 1 rings (SSSR count). The number of hydrogen-bond donors (Lipinski definition) is 2. The van der Waals surface area contributed by atoms with E-state index in [0.717, 1.165) is 16.7 Å². The Morgan fingerprint density at radius 1 is 1.41 bits per heavy atom. The van der Waals surface area contributed by atoms with Crippen molar-refractivity contribution >= 4 is 6.09 Å². The number of ether oxygens (including phenoxy) is 1. The summed E-state index contributed by atoms with van der Waals surface area (Å²) in [6, 6.07) is 6.05. The maximum atomic E-state index is 11.3. The fraction of sp³-hybridized carbons (Fsp3) is 0.462. The number of aryl methyl sites for hydroxylation is 2. The number of amides is 1. The lowest BCUT2D eigenvalue weighted by Crippen LogP contribution is -2.25. The van der Waals surface area contributed by atoms with Crippen molar-refractivity contribution in [1.82, 2.24) is 5.32 Å². The predicted octanol–water partition coefficient (Wildman–Crippen LogP) is 1.91. The van der Waals surface area contributed by atoms with Crippen LogP contribution < -0.4 is 5.32 Å². The van der Waals surface area contributed by atoms with Crippen molar-refractivity contribution in [3.63, 3.8) is 0 Å². The van der Waals surface area contributed by atoms with Crippen LogP contribution in [0.4, 0.5) is 4.79 Å². The largest absolute Gasteiger partial charge is 0.445 e. The highest BCUT2D eigenvalue weighted by molar-refractivity contribution is 5.67. The van der Waals surface area contributed by atoms with Gasteiger partial charge in [-0.2, -0.15) is 0 Å². The van der Waals surface area contributed by atoms with Crippen LogP contribution in [0.25, 0.3) is 0 Å². The normalized spacial score (nSPS) is 10.1. The third-order valence-corrected chi connectivity index (χ3v) is 2.47. The Morgan fingerprint density at radius 3 is 2.88 bits per heavy atom. The van der Waals surface area contributed by atoms with Gasteiger partial charge in [-0.1, -0.05) is 23.8 Å². The summed E-state index contributed by atoms with van der Waals surface area (Å²) >= 11 is 0. The Kier molecular flexibility index (Phi) is 5.49. The second-order valence-electron chi connectivity index (χ2n) is 4.01. The summed E-state index contributed by atoms with van der Waals surface area (Å²) < 4.78 is 5.08. The average Bonchev–Trinajstić information content (AvgIpc) is 2.31. The van der Waals surface area contributed by atoms with Gasteiger partial charge in [-0.15, -0.1) is 0 Å². The van der Waals surface area contributed by atoms with Gasteiger partial charge in [0.05, 0.1) is 0 Å². The first-order valence-electron chi connectivity index (χ1n) is 5.71. The zero-order chi connectivity index (χ0) is 12.7. The first-order chi connectivity index (χ1) is 8.13. The van der Waals surface area contributed by atoms with Crippen LogP contribution in [0.3, 0.4) is 0 Å². The molecule has 0 spiro atoms. The molecule has 1 aromatic carbocycles. The first-order valence-corrected chi connectivity index (χ1v) is 5.71. The highest BCUT2D eigenvalue weighted by atomic mass is 16.5. The number of aliphatic hydroxyl groups is 1. The molecule has 0 fully saturated rings. The van der Waals surface area contributed by atoms with E-state index in [1.165, 1.54) is 0 Å². The minimum absolute atomic E-state index is 0.0667. The van der Waals surface area contributed by atoms with Crippen LogP contribution in [0.1, 0.15) is 23.1 Å². The molecule has 0 heterocycles. The number of alkyl carbamates (subject to hydrolysis) is 1. The molecule has 0 aromatic heterocycles. The molecule has 0 aliphatic heterocycles. The molecule has 1 amide bonds. The molecular formula is C13H19NO3. The smallest absolute Gasteiger partial charge is 0.407 e. The molecule has 0 bridgehead atoms. The number of carbonyl (C=O) groups is 1. The van der Waals surface area contributed by atoms with Gasteiger partial charge >= 0.3 is 6.09 Å². The van der Waals surface area contributed by atoms with E-state index in [-0.39, 0.29) is 13.2 Å². The second-order valence-corrected chi connectivity index (χ2v) is 4.01. The molecule has 0 saturated heterocycles. The monoisotopic (exact) mass is 237 g/mol. The topological polar surface area (TPSA) is 58.6 Å². The highest BCUT2D eigenvalue weighted by Gasteiger charge is 2.04. The summed E-state index contributed by atoms with van der Waals surface area (Å²) in [6.45, 7) is 4.77. The van der Waals surface area contributed by atoms with Crippen molar-refractivity contribution in [1.29, 1.82) is 0 Å². The van der Waals surface area contributed by atoms with E-state index in [1.807, 2.05) is 32.0 Å². The summed E-state index contributed by atoms with van der Waals surface area (Å²) in [7, 11) is 0. The summed E-state index contributed by atoms with van der Waals surface area (Å²) in [5.74, 6) is 0. The summed E-state index contributed by atoms with van der Waals surface area (Å²) in [4.78, 5) is 11.3. The Hall–Kier alpha value is -1.55. The molecule has 0 saturated carbocycles. The summed E-state index contributed by atoms with van der Waals surface area (Å²) in [5, 5.41) is 11.1. The lowest BCUT2D eigenvalue weighted by atomic mass is 10.1. The molecule has 4 nitrogen and oxygen atoms in total. The average molecular weight is 237 g/mol. The van der Waals surface area contributed by atoms with Crippen LogP contribution in [0.15, 0.2) is 18.2 Å². The zero-order valence-corrected chi connectivity index (χ0v) is 10.3. The van der Waals surface area contributed by atoms with E-state index in [9.17, 15) is 4.79 Å². The van der Waals surface area contributed by atoms with Gasteiger partial charge < -0.3 is 15.2 Å². The Bertz CT molecular complexity index is 377. The third kappa shape index (κ3) is 4.87. The van der Waals surface area contributed by atoms with Crippen LogP contribution >= 0.6 is 0 Å². The molecule has 2 N–H and O–H groups in total. The van der Waals surface area contributed by atoms with Crippen LogP contribution in [0.2, 0.25) is 0 Å². The van der Waals surface area contributed by atoms with Crippen molar-refractivity contribution in [2.45, 2.75) is 26.9 Å². The van der Waals surface area contributed by atoms with Crippen LogP contribution in [-0.4, -0.2) is 24.4 Å². The van der Waals surface area contributed by atoms with Gasteiger partial charge in [0.2, 0.25) is 0 Å². The molecular weight excluding hydrogens is 218 g/mol. The fourth-order valence-corrected chi connectivity index (χ4v) is 1.42. The molecule has 0 aliphatic carbocycles. The zero-order valence-electron chi connectivity index (χ0n) is 10.3. The number of hydrogen-bond acceptors (Lipinski definition) is 3. The van der Waals surface area contributed by atoms with Gasteiger partial charge in [0.25, 0.3) is 0 Å². The van der Waals surface area contributed by atoms with Gasteiger partial charge in [0, 0.05) is 13.2 Å². The number of rotatable bonds is 5. The lowest BCUT2D eigenvalue weighted by molar-refractivity contribution is 0.138. The highest BCUT2D eigenvalue weighted by Crippen LogP contribution is 2.11. The van der Waals surface area contributed by atoms with E-state index in [2.05, 4.69) is 5.32 Å². The van der Waals surface area contributed by atoms with Crippen LogP contribution in [-0.2, 0) is 11.3 Å². The van der Waals surface area contributed by atoms with Crippen molar-refractivity contribution in [3.05, 3.63) is 34.9 Å². The van der Waals surface area contributed by atoms with E-state index >= 15 is 0 Å². The number of benzene rings is 1. The van der Waals surface area contributed by atoms with Gasteiger partial charge in [-0.25, -0.2) is 4.79 Å². The van der Waals surface area contributed by atoms with Crippen molar-refractivity contribution in [2.75, 3.05) is 13.2 Å². The predicted molar refractivity (Wildman–Crippen MR) is 65.8 cm³/mol. The van der Waals surface area contributed by atoms with Crippen molar-refractivity contribution in [2.24, 2.45) is 0 Å². The molecule has 1 aromatic rings. The Balaban J connectivity index is 2.39. The number of nitrogens with one attached hydrogen (secondary N) is 1.